The summed E-state index contributed by atoms with van der Waals surface area (Å²) >= 11 is 0. The van der Waals surface area contributed by atoms with Gasteiger partial charge in [-0.25, -0.2) is 0 Å². The summed E-state index contributed by atoms with van der Waals surface area (Å²) in [5, 5.41) is 8.77. The molecule has 0 unspecified atom stereocenters. The van der Waals surface area contributed by atoms with Gasteiger partial charge in [0.2, 0.25) is 0 Å². The fourth-order valence-electron chi connectivity index (χ4n) is 3.19. The highest BCUT2D eigenvalue weighted by molar-refractivity contribution is 6.27. The second-order valence-corrected chi connectivity index (χ2v) is 5.74. The summed E-state index contributed by atoms with van der Waals surface area (Å²) in [4.78, 5) is 26.6. The Morgan fingerprint density at radius 3 is 2.75 bits per heavy atom. The maximum atomic E-state index is 12.5. The second-order valence-electron chi connectivity index (χ2n) is 5.74. The van der Waals surface area contributed by atoms with Crippen molar-refractivity contribution >= 4 is 34.0 Å². The first kappa shape index (κ1) is 14.4. The van der Waals surface area contributed by atoms with Crippen LogP contribution in [0.15, 0.2) is 42.6 Å². The number of aromatic nitrogens is 2. The Bertz CT molecular complexity index is 990. The maximum absolute atomic E-state index is 12.5. The van der Waals surface area contributed by atoms with Gasteiger partial charge in [0.1, 0.15) is 0 Å². The van der Waals surface area contributed by atoms with E-state index in [1.54, 1.807) is 28.9 Å². The molecule has 3 aromatic rings. The van der Waals surface area contributed by atoms with E-state index in [2.05, 4.69) is 10.4 Å². The molecule has 4 rings (SSSR count). The zero-order valence-corrected chi connectivity index (χ0v) is 13.4. The Hall–Kier alpha value is -3.15. The van der Waals surface area contributed by atoms with Crippen LogP contribution >= 0.6 is 0 Å². The van der Waals surface area contributed by atoms with Gasteiger partial charge < -0.3 is 10.2 Å². The molecule has 1 aliphatic rings. The Morgan fingerprint density at radius 1 is 1.21 bits per heavy atom. The minimum atomic E-state index is -0.270. The highest BCUT2D eigenvalue weighted by atomic mass is 16.2. The number of nitrogens with one attached hydrogen (secondary N) is 1. The van der Waals surface area contributed by atoms with Gasteiger partial charge in [-0.1, -0.05) is 12.1 Å². The molecule has 1 N–H and O–H groups in total. The van der Waals surface area contributed by atoms with E-state index in [1.807, 2.05) is 37.3 Å². The number of hydrogen-bond acceptors (Lipinski definition) is 3. The SMILES string of the molecule is CCN1C(=O)c2cccc3c(NC(=O)c4ccn(C)n4)ccc1c23. The van der Waals surface area contributed by atoms with Crippen molar-refractivity contribution in [2.75, 3.05) is 16.8 Å². The number of rotatable bonds is 3. The van der Waals surface area contributed by atoms with E-state index >= 15 is 0 Å². The molecule has 1 aliphatic heterocycles. The molecule has 0 spiro atoms. The van der Waals surface area contributed by atoms with E-state index < -0.39 is 0 Å². The van der Waals surface area contributed by atoms with Crippen molar-refractivity contribution in [1.82, 2.24) is 9.78 Å². The van der Waals surface area contributed by atoms with E-state index in [0.29, 0.717) is 23.5 Å². The number of carbonyl (C=O) groups is 2. The number of benzene rings is 2. The van der Waals surface area contributed by atoms with Gasteiger partial charge in [0.05, 0.1) is 5.69 Å². The van der Waals surface area contributed by atoms with Gasteiger partial charge in [0, 0.05) is 41.8 Å². The molecule has 0 fully saturated rings. The van der Waals surface area contributed by atoms with E-state index in [1.165, 1.54) is 0 Å². The third-order valence-electron chi connectivity index (χ3n) is 4.30. The summed E-state index contributed by atoms with van der Waals surface area (Å²) < 4.78 is 1.58. The summed E-state index contributed by atoms with van der Waals surface area (Å²) in [5.41, 5.74) is 2.60. The van der Waals surface area contributed by atoms with Crippen LogP contribution in [0.4, 0.5) is 11.4 Å². The summed E-state index contributed by atoms with van der Waals surface area (Å²) in [5.74, 6) is -0.265. The predicted octanol–water partition coefficient (Wildman–Crippen LogP) is 2.81. The molecular formula is C18H16N4O2. The van der Waals surface area contributed by atoms with Gasteiger partial charge in [-0.3, -0.25) is 14.3 Å². The topological polar surface area (TPSA) is 67.2 Å². The zero-order valence-electron chi connectivity index (χ0n) is 13.4. The van der Waals surface area contributed by atoms with E-state index in [4.69, 9.17) is 0 Å². The first-order valence-electron chi connectivity index (χ1n) is 7.78. The number of anilines is 2. The molecule has 0 aliphatic carbocycles. The van der Waals surface area contributed by atoms with Crippen LogP contribution in [-0.2, 0) is 7.05 Å². The van der Waals surface area contributed by atoms with Crippen molar-refractivity contribution in [3.63, 3.8) is 0 Å². The van der Waals surface area contributed by atoms with Crippen molar-refractivity contribution in [2.45, 2.75) is 6.92 Å². The van der Waals surface area contributed by atoms with Gasteiger partial charge in [0.25, 0.3) is 11.8 Å². The average Bonchev–Trinajstić information content (AvgIpc) is 3.13. The number of carbonyl (C=O) groups excluding carboxylic acids is 2. The van der Waals surface area contributed by atoms with E-state index in [9.17, 15) is 9.59 Å². The molecule has 0 radical (unpaired) electrons. The number of aryl methyl sites for hydroxylation is 1. The minimum Gasteiger partial charge on any atom is -0.320 e. The second kappa shape index (κ2) is 5.19. The molecule has 0 atom stereocenters. The lowest BCUT2D eigenvalue weighted by Gasteiger charge is -2.15. The average molecular weight is 320 g/mol. The minimum absolute atomic E-state index is 0.00584. The van der Waals surface area contributed by atoms with Crippen molar-refractivity contribution in [3.05, 3.63) is 53.9 Å². The van der Waals surface area contributed by atoms with Crippen molar-refractivity contribution in [2.24, 2.45) is 7.05 Å². The predicted molar refractivity (Wildman–Crippen MR) is 92.5 cm³/mol. The molecular weight excluding hydrogens is 304 g/mol. The maximum Gasteiger partial charge on any atom is 0.276 e. The molecule has 2 aromatic carbocycles. The highest BCUT2D eigenvalue weighted by Gasteiger charge is 2.29. The van der Waals surface area contributed by atoms with Crippen LogP contribution < -0.4 is 10.2 Å². The number of nitrogens with zero attached hydrogens (tertiary/aromatic N) is 3. The monoisotopic (exact) mass is 320 g/mol. The third-order valence-corrected chi connectivity index (χ3v) is 4.30. The van der Waals surface area contributed by atoms with E-state index in [0.717, 1.165) is 16.5 Å². The lowest BCUT2D eigenvalue weighted by atomic mass is 10.0. The summed E-state index contributed by atoms with van der Waals surface area (Å²) in [7, 11) is 1.76. The van der Waals surface area contributed by atoms with Crippen molar-refractivity contribution in [3.8, 4) is 0 Å². The fourth-order valence-corrected chi connectivity index (χ4v) is 3.19. The Morgan fingerprint density at radius 2 is 2.04 bits per heavy atom. The molecule has 2 amide bonds. The zero-order chi connectivity index (χ0) is 16.8. The lowest BCUT2D eigenvalue weighted by molar-refractivity contribution is 0.0992. The highest BCUT2D eigenvalue weighted by Crippen LogP contribution is 2.40. The molecule has 0 saturated carbocycles. The molecule has 2 heterocycles. The van der Waals surface area contributed by atoms with Crippen LogP contribution in [-0.4, -0.2) is 28.1 Å². The first-order chi connectivity index (χ1) is 11.6. The smallest absolute Gasteiger partial charge is 0.276 e. The summed E-state index contributed by atoms with van der Waals surface area (Å²) in [6.07, 6.45) is 1.72. The van der Waals surface area contributed by atoms with Crippen LogP contribution in [0.25, 0.3) is 10.8 Å². The summed E-state index contributed by atoms with van der Waals surface area (Å²) in [6.45, 7) is 2.56. The third kappa shape index (κ3) is 2.00. The van der Waals surface area contributed by atoms with Crippen molar-refractivity contribution in [1.29, 1.82) is 0 Å². The molecule has 120 valence electrons. The molecule has 6 heteroatoms. The molecule has 1 aromatic heterocycles. The van der Waals surface area contributed by atoms with Crippen LogP contribution in [0.1, 0.15) is 27.8 Å². The van der Waals surface area contributed by atoms with Crippen LogP contribution in [0, 0.1) is 0 Å². The lowest BCUT2D eigenvalue weighted by Crippen LogP contribution is -2.25. The van der Waals surface area contributed by atoms with Crippen LogP contribution in [0.2, 0.25) is 0 Å². The van der Waals surface area contributed by atoms with Crippen molar-refractivity contribution < 1.29 is 9.59 Å². The summed E-state index contributed by atoms with van der Waals surface area (Å²) in [6, 6.07) is 11.0. The van der Waals surface area contributed by atoms with E-state index in [-0.39, 0.29) is 11.8 Å². The van der Waals surface area contributed by atoms with Crippen LogP contribution in [0.3, 0.4) is 0 Å². The van der Waals surface area contributed by atoms with Gasteiger partial charge in [-0.05, 0) is 31.2 Å². The largest absolute Gasteiger partial charge is 0.320 e. The van der Waals surface area contributed by atoms with Gasteiger partial charge >= 0.3 is 0 Å². The van der Waals surface area contributed by atoms with Gasteiger partial charge in [0.15, 0.2) is 5.69 Å². The molecule has 0 saturated heterocycles. The Kier molecular flexibility index (Phi) is 3.13. The van der Waals surface area contributed by atoms with Gasteiger partial charge in [-0.2, -0.15) is 5.10 Å². The molecule has 0 bridgehead atoms. The first-order valence-corrected chi connectivity index (χ1v) is 7.78. The quantitative estimate of drug-likeness (QED) is 0.807. The standard InChI is InChI=1S/C18H16N4O2/c1-3-22-15-8-7-13(19-17(23)14-9-10-21(2)20-14)11-5-4-6-12(16(11)15)18(22)24/h4-10H,3H2,1-2H3,(H,19,23). The Labute approximate surface area is 138 Å². The molecule has 24 heavy (non-hydrogen) atoms. The van der Waals surface area contributed by atoms with Gasteiger partial charge in [-0.15, -0.1) is 0 Å². The fraction of sp³-hybridized carbons (Fsp3) is 0.167. The number of amides is 2. The molecule has 6 nitrogen and oxygen atoms in total. The van der Waals surface area contributed by atoms with Crippen LogP contribution in [0.5, 0.6) is 0 Å². The normalized spacial score (nSPS) is 12.9. The Balaban J connectivity index is 1.80. The number of hydrogen-bond donors (Lipinski definition) is 1.